The lowest BCUT2D eigenvalue weighted by molar-refractivity contribution is 0.414. The van der Waals surface area contributed by atoms with E-state index in [2.05, 4.69) is 4.72 Å². The Bertz CT molecular complexity index is 770. The van der Waals surface area contributed by atoms with Crippen molar-refractivity contribution < 1.29 is 13.2 Å². The van der Waals surface area contributed by atoms with Crippen LogP contribution in [0.25, 0.3) is 0 Å². The molecule has 0 atom stereocenters. The van der Waals surface area contributed by atoms with Crippen molar-refractivity contribution in [3.8, 4) is 5.75 Å². The molecule has 0 saturated carbocycles. The second-order valence-electron chi connectivity index (χ2n) is 4.83. The Labute approximate surface area is 124 Å². The molecule has 0 spiro atoms. The summed E-state index contributed by atoms with van der Waals surface area (Å²) in [5.41, 5.74) is 8.40. The van der Waals surface area contributed by atoms with Crippen LogP contribution >= 0.6 is 0 Å². The van der Waals surface area contributed by atoms with Gasteiger partial charge < -0.3 is 10.5 Å². The number of nitrogen functional groups attached to an aromatic ring is 1. The van der Waals surface area contributed by atoms with Gasteiger partial charge in [0.25, 0.3) is 10.0 Å². The van der Waals surface area contributed by atoms with E-state index < -0.39 is 10.0 Å². The Kier molecular flexibility index (Phi) is 4.09. The van der Waals surface area contributed by atoms with Crippen LogP contribution < -0.4 is 15.2 Å². The number of anilines is 2. The van der Waals surface area contributed by atoms with E-state index in [9.17, 15) is 8.42 Å². The lowest BCUT2D eigenvalue weighted by Crippen LogP contribution is -2.15. The van der Waals surface area contributed by atoms with Gasteiger partial charge in [-0.05, 0) is 37.6 Å². The van der Waals surface area contributed by atoms with E-state index in [1.54, 1.807) is 12.1 Å². The molecule has 2 aromatic carbocycles. The van der Waals surface area contributed by atoms with Crippen molar-refractivity contribution in [2.45, 2.75) is 18.7 Å². The summed E-state index contributed by atoms with van der Waals surface area (Å²) in [6.45, 7) is 3.80. The largest absolute Gasteiger partial charge is 0.497 e. The predicted octanol–water partition coefficient (Wildman–Crippen LogP) is 2.70. The van der Waals surface area contributed by atoms with E-state index in [1.807, 2.05) is 26.0 Å². The van der Waals surface area contributed by atoms with Crippen molar-refractivity contribution in [1.29, 1.82) is 0 Å². The average molecular weight is 306 g/mol. The zero-order chi connectivity index (χ0) is 15.6. The Morgan fingerprint density at radius 3 is 2.38 bits per heavy atom. The second-order valence-corrected chi connectivity index (χ2v) is 6.48. The standard InChI is InChI=1S/C15H18N2O3S/c1-10-4-6-14(11(2)8-10)17-21(18,19)15-7-5-12(20-3)9-13(15)16/h4-9,17H,16H2,1-3H3. The maximum absolute atomic E-state index is 12.4. The molecule has 0 aliphatic heterocycles. The van der Waals surface area contributed by atoms with Gasteiger partial charge in [0.15, 0.2) is 0 Å². The fourth-order valence-corrected chi connectivity index (χ4v) is 3.27. The van der Waals surface area contributed by atoms with Gasteiger partial charge in [-0.25, -0.2) is 8.42 Å². The van der Waals surface area contributed by atoms with E-state index in [0.29, 0.717) is 11.4 Å². The van der Waals surface area contributed by atoms with Gasteiger partial charge in [-0.3, -0.25) is 4.72 Å². The van der Waals surface area contributed by atoms with Crippen molar-refractivity contribution in [2.24, 2.45) is 0 Å². The van der Waals surface area contributed by atoms with Gasteiger partial charge in [0.1, 0.15) is 10.6 Å². The van der Waals surface area contributed by atoms with Gasteiger partial charge in [0.2, 0.25) is 0 Å². The monoisotopic (exact) mass is 306 g/mol. The summed E-state index contributed by atoms with van der Waals surface area (Å²) in [5.74, 6) is 0.512. The highest BCUT2D eigenvalue weighted by molar-refractivity contribution is 7.92. The van der Waals surface area contributed by atoms with Crippen LogP contribution in [0.4, 0.5) is 11.4 Å². The number of aryl methyl sites for hydroxylation is 2. The molecule has 0 aliphatic carbocycles. The van der Waals surface area contributed by atoms with Gasteiger partial charge in [-0.15, -0.1) is 0 Å². The fourth-order valence-electron chi connectivity index (χ4n) is 2.03. The lowest BCUT2D eigenvalue weighted by Gasteiger charge is -2.13. The third-order valence-electron chi connectivity index (χ3n) is 3.13. The number of sulfonamides is 1. The van der Waals surface area contributed by atoms with Crippen molar-refractivity contribution >= 4 is 21.4 Å². The highest BCUT2D eigenvalue weighted by Crippen LogP contribution is 2.26. The number of nitrogens with two attached hydrogens (primary N) is 1. The van der Waals surface area contributed by atoms with Gasteiger partial charge in [0.05, 0.1) is 18.5 Å². The maximum atomic E-state index is 12.4. The first-order valence-electron chi connectivity index (χ1n) is 6.37. The third-order valence-corrected chi connectivity index (χ3v) is 4.57. The van der Waals surface area contributed by atoms with Crippen LogP contribution in [0.15, 0.2) is 41.3 Å². The minimum atomic E-state index is -3.73. The Balaban J connectivity index is 2.38. The molecule has 0 fully saturated rings. The summed E-state index contributed by atoms with van der Waals surface area (Å²) >= 11 is 0. The Morgan fingerprint density at radius 2 is 1.81 bits per heavy atom. The van der Waals surface area contributed by atoms with Crippen molar-refractivity contribution in [3.05, 3.63) is 47.5 Å². The van der Waals surface area contributed by atoms with Crippen LogP contribution in [-0.2, 0) is 10.0 Å². The molecule has 112 valence electrons. The quantitative estimate of drug-likeness (QED) is 0.851. The zero-order valence-electron chi connectivity index (χ0n) is 12.2. The number of benzene rings is 2. The molecule has 0 radical (unpaired) electrons. The van der Waals surface area contributed by atoms with Gasteiger partial charge >= 0.3 is 0 Å². The summed E-state index contributed by atoms with van der Waals surface area (Å²) in [7, 11) is -2.24. The molecule has 2 rings (SSSR count). The van der Waals surface area contributed by atoms with Gasteiger partial charge in [-0.2, -0.15) is 0 Å². The Morgan fingerprint density at radius 1 is 1.10 bits per heavy atom. The van der Waals surface area contributed by atoms with Crippen LogP contribution in [0.3, 0.4) is 0 Å². The first-order chi connectivity index (χ1) is 9.83. The van der Waals surface area contributed by atoms with Crippen molar-refractivity contribution in [2.75, 3.05) is 17.6 Å². The van der Waals surface area contributed by atoms with Gasteiger partial charge in [0, 0.05) is 6.07 Å². The molecule has 0 amide bonds. The number of rotatable bonds is 4. The van der Waals surface area contributed by atoms with E-state index in [-0.39, 0.29) is 10.6 Å². The molecule has 0 saturated heterocycles. The molecule has 6 heteroatoms. The maximum Gasteiger partial charge on any atom is 0.263 e. The normalized spacial score (nSPS) is 11.2. The predicted molar refractivity (Wildman–Crippen MR) is 84.1 cm³/mol. The summed E-state index contributed by atoms with van der Waals surface area (Å²) in [5, 5.41) is 0. The first-order valence-corrected chi connectivity index (χ1v) is 7.85. The molecule has 21 heavy (non-hydrogen) atoms. The van der Waals surface area contributed by atoms with Crippen LogP contribution in [-0.4, -0.2) is 15.5 Å². The number of methoxy groups -OCH3 is 1. The highest BCUT2D eigenvalue weighted by atomic mass is 32.2. The molecule has 5 nitrogen and oxygen atoms in total. The summed E-state index contributed by atoms with van der Waals surface area (Å²) < 4.78 is 32.4. The minimum Gasteiger partial charge on any atom is -0.497 e. The number of ether oxygens (including phenoxy) is 1. The first kappa shape index (κ1) is 15.2. The van der Waals surface area contributed by atoms with Crippen molar-refractivity contribution in [3.63, 3.8) is 0 Å². The molecule has 0 unspecified atom stereocenters. The molecule has 2 aromatic rings. The summed E-state index contributed by atoms with van der Waals surface area (Å²) in [6, 6.07) is 9.98. The van der Waals surface area contributed by atoms with E-state index >= 15 is 0 Å². The molecule has 0 heterocycles. The fraction of sp³-hybridized carbons (Fsp3) is 0.200. The SMILES string of the molecule is COc1ccc(S(=O)(=O)Nc2ccc(C)cc2C)c(N)c1. The minimum absolute atomic E-state index is 0.0308. The second kappa shape index (κ2) is 5.65. The summed E-state index contributed by atoms with van der Waals surface area (Å²) in [4.78, 5) is 0.0308. The number of hydrogen-bond acceptors (Lipinski definition) is 4. The molecule has 0 aromatic heterocycles. The molecular formula is C15H18N2O3S. The van der Waals surface area contributed by atoms with Crippen LogP contribution in [0.2, 0.25) is 0 Å². The van der Waals surface area contributed by atoms with Crippen LogP contribution in [0.1, 0.15) is 11.1 Å². The smallest absolute Gasteiger partial charge is 0.263 e. The third kappa shape index (κ3) is 3.28. The van der Waals surface area contributed by atoms with E-state index in [4.69, 9.17) is 10.5 Å². The number of hydrogen-bond donors (Lipinski definition) is 2. The van der Waals surface area contributed by atoms with E-state index in [1.165, 1.54) is 19.2 Å². The molecule has 3 N–H and O–H groups in total. The van der Waals surface area contributed by atoms with Crippen molar-refractivity contribution in [1.82, 2.24) is 0 Å². The lowest BCUT2D eigenvalue weighted by atomic mass is 10.1. The Hall–Kier alpha value is -2.21. The van der Waals surface area contributed by atoms with Crippen LogP contribution in [0.5, 0.6) is 5.75 Å². The zero-order valence-corrected chi connectivity index (χ0v) is 13.0. The average Bonchev–Trinajstić information content (AvgIpc) is 2.41. The summed E-state index contributed by atoms with van der Waals surface area (Å²) in [6.07, 6.45) is 0. The molecule has 0 bridgehead atoms. The van der Waals surface area contributed by atoms with E-state index in [0.717, 1.165) is 11.1 Å². The number of nitrogens with one attached hydrogen (secondary N) is 1. The highest BCUT2D eigenvalue weighted by Gasteiger charge is 2.18. The topological polar surface area (TPSA) is 81.4 Å². The molecular weight excluding hydrogens is 288 g/mol. The van der Waals surface area contributed by atoms with Gasteiger partial charge in [-0.1, -0.05) is 17.7 Å². The molecule has 0 aliphatic rings. The van der Waals surface area contributed by atoms with Crippen LogP contribution in [0, 0.1) is 13.8 Å².